The minimum Gasteiger partial charge on any atom is -0.480 e. The van der Waals surface area contributed by atoms with Crippen LogP contribution >= 0.6 is 0 Å². The van der Waals surface area contributed by atoms with Crippen molar-refractivity contribution in [3.05, 3.63) is 17.8 Å². The van der Waals surface area contributed by atoms with Crippen LogP contribution in [0.5, 0.6) is 5.88 Å². The van der Waals surface area contributed by atoms with Gasteiger partial charge in [-0.1, -0.05) is 0 Å². The third-order valence-corrected chi connectivity index (χ3v) is 1.13. The SMILES string of the molecule is COc1nnccc1CO. The summed E-state index contributed by atoms with van der Waals surface area (Å²) in [7, 11) is 1.49. The van der Waals surface area contributed by atoms with Crippen molar-refractivity contribution in [1.82, 2.24) is 10.2 Å². The summed E-state index contributed by atoms with van der Waals surface area (Å²) in [4.78, 5) is 0. The highest BCUT2D eigenvalue weighted by Gasteiger charge is 1.99. The topological polar surface area (TPSA) is 55.2 Å². The molecule has 1 aromatic heterocycles. The molecule has 1 rings (SSSR count). The van der Waals surface area contributed by atoms with Crippen molar-refractivity contribution in [3.8, 4) is 5.88 Å². The Hall–Kier alpha value is -1.16. The van der Waals surface area contributed by atoms with Gasteiger partial charge < -0.3 is 9.84 Å². The van der Waals surface area contributed by atoms with E-state index < -0.39 is 0 Å². The van der Waals surface area contributed by atoms with Gasteiger partial charge in [0.25, 0.3) is 0 Å². The van der Waals surface area contributed by atoms with Crippen LogP contribution in [0.25, 0.3) is 0 Å². The highest BCUT2D eigenvalue weighted by atomic mass is 16.5. The molecule has 0 amide bonds. The second kappa shape index (κ2) is 3.12. The second-order valence-corrected chi connectivity index (χ2v) is 1.72. The van der Waals surface area contributed by atoms with Gasteiger partial charge in [-0.15, -0.1) is 5.10 Å². The molecular weight excluding hydrogens is 132 g/mol. The average Bonchev–Trinajstić information content (AvgIpc) is 2.04. The molecular formula is C6H8N2O2. The van der Waals surface area contributed by atoms with Crippen molar-refractivity contribution < 1.29 is 9.84 Å². The average molecular weight is 140 g/mol. The molecule has 0 aromatic carbocycles. The van der Waals surface area contributed by atoms with Crippen LogP contribution in [0.4, 0.5) is 0 Å². The van der Waals surface area contributed by atoms with E-state index in [2.05, 4.69) is 10.2 Å². The highest BCUT2D eigenvalue weighted by Crippen LogP contribution is 2.10. The molecule has 0 saturated heterocycles. The van der Waals surface area contributed by atoms with Crippen LogP contribution in [-0.2, 0) is 6.61 Å². The van der Waals surface area contributed by atoms with Crippen LogP contribution < -0.4 is 4.74 Å². The molecule has 0 fully saturated rings. The first kappa shape index (κ1) is 6.95. The van der Waals surface area contributed by atoms with Gasteiger partial charge in [0.2, 0.25) is 5.88 Å². The molecule has 0 radical (unpaired) electrons. The van der Waals surface area contributed by atoms with Crippen molar-refractivity contribution in [2.75, 3.05) is 7.11 Å². The molecule has 0 unspecified atom stereocenters. The fourth-order valence-electron chi connectivity index (χ4n) is 0.637. The molecule has 1 heterocycles. The van der Waals surface area contributed by atoms with E-state index in [0.29, 0.717) is 11.4 Å². The normalized spacial score (nSPS) is 9.40. The predicted molar refractivity (Wildman–Crippen MR) is 34.5 cm³/mol. The second-order valence-electron chi connectivity index (χ2n) is 1.72. The first-order valence-corrected chi connectivity index (χ1v) is 2.84. The standard InChI is InChI=1S/C6H8N2O2/c1-10-6-5(4-9)2-3-7-8-6/h2-3,9H,4H2,1H3. The van der Waals surface area contributed by atoms with E-state index in [1.165, 1.54) is 13.3 Å². The third kappa shape index (κ3) is 1.22. The Labute approximate surface area is 58.5 Å². The zero-order valence-electron chi connectivity index (χ0n) is 5.61. The van der Waals surface area contributed by atoms with Gasteiger partial charge in [-0.3, -0.25) is 0 Å². The van der Waals surface area contributed by atoms with E-state index in [0.717, 1.165) is 0 Å². The molecule has 4 nitrogen and oxygen atoms in total. The zero-order valence-corrected chi connectivity index (χ0v) is 5.61. The van der Waals surface area contributed by atoms with Gasteiger partial charge in [-0.25, -0.2) is 0 Å². The summed E-state index contributed by atoms with van der Waals surface area (Å²) < 4.78 is 4.80. The molecule has 0 aliphatic heterocycles. The third-order valence-electron chi connectivity index (χ3n) is 1.13. The van der Waals surface area contributed by atoms with Gasteiger partial charge in [-0.2, -0.15) is 5.10 Å². The number of methoxy groups -OCH3 is 1. The van der Waals surface area contributed by atoms with Crippen LogP contribution in [0, 0.1) is 0 Å². The summed E-state index contributed by atoms with van der Waals surface area (Å²) in [5.41, 5.74) is 0.650. The lowest BCUT2D eigenvalue weighted by atomic mass is 10.3. The van der Waals surface area contributed by atoms with Gasteiger partial charge in [0.15, 0.2) is 0 Å². The largest absolute Gasteiger partial charge is 0.480 e. The quantitative estimate of drug-likeness (QED) is 0.627. The smallest absolute Gasteiger partial charge is 0.238 e. The molecule has 0 aliphatic rings. The predicted octanol–water partition coefficient (Wildman–Crippen LogP) is -0.0225. The summed E-state index contributed by atoms with van der Waals surface area (Å²) in [5, 5.41) is 15.9. The van der Waals surface area contributed by atoms with Gasteiger partial charge in [-0.05, 0) is 6.07 Å². The number of rotatable bonds is 2. The fraction of sp³-hybridized carbons (Fsp3) is 0.333. The van der Waals surface area contributed by atoms with Gasteiger partial charge in [0.05, 0.1) is 19.9 Å². The Morgan fingerprint density at radius 1 is 1.70 bits per heavy atom. The first-order chi connectivity index (χ1) is 4.88. The Bertz CT molecular complexity index is 192. The molecule has 0 saturated carbocycles. The summed E-state index contributed by atoms with van der Waals surface area (Å²) in [6.07, 6.45) is 1.51. The Kier molecular flexibility index (Phi) is 2.17. The number of ether oxygens (including phenoxy) is 1. The summed E-state index contributed by atoms with van der Waals surface area (Å²) in [5.74, 6) is 0.380. The van der Waals surface area contributed by atoms with E-state index in [1.54, 1.807) is 6.07 Å². The Balaban J connectivity index is 2.96. The number of aliphatic hydroxyl groups is 1. The number of hydrogen-bond donors (Lipinski definition) is 1. The van der Waals surface area contributed by atoms with Crippen LogP contribution in [0.1, 0.15) is 5.56 Å². The molecule has 4 heteroatoms. The number of aliphatic hydroxyl groups excluding tert-OH is 1. The summed E-state index contributed by atoms with van der Waals surface area (Å²) >= 11 is 0. The number of nitrogens with zero attached hydrogens (tertiary/aromatic N) is 2. The van der Waals surface area contributed by atoms with Crippen molar-refractivity contribution in [2.24, 2.45) is 0 Å². The van der Waals surface area contributed by atoms with Crippen LogP contribution in [-0.4, -0.2) is 22.4 Å². The van der Waals surface area contributed by atoms with Gasteiger partial charge >= 0.3 is 0 Å². The fourth-order valence-corrected chi connectivity index (χ4v) is 0.637. The minimum absolute atomic E-state index is 0.0707. The summed E-state index contributed by atoms with van der Waals surface area (Å²) in [6.45, 7) is -0.0707. The van der Waals surface area contributed by atoms with Crippen molar-refractivity contribution >= 4 is 0 Å². The highest BCUT2D eigenvalue weighted by molar-refractivity contribution is 5.21. The van der Waals surface area contributed by atoms with Gasteiger partial charge in [0, 0.05) is 5.56 Å². The lowest BCUT2D eigenvalue weighted by Crippen LogP contribution is -1.95. The molecule has 0 atom stereocenters. The Morgan fingerprint density at radius 2 is 2.50 bits per heavy atom. The first-order valence-electron chi connectivity index (χ1n) is 2.84. The molecule has 54 valence electrons. The molecule has 0 spiro atoms. The zero-order chi connectivity index (χ0) is 7.40. The summed E-state index contributed by atoms with van der Waals surface area (Å²) in [6, 6.07) is 1.66. The van der Waals surface area contributed by atoms with Crippen molar-refractivity contribution in [2.45, 2.75) is 6.61 Å². The maximum Gasteiger partial charge on any atom is 0.238 e. The van der Waals surface area contributed by atoms with E-state index in [1.807, 2.05) is 0 Å². The molecule has 0 bridgehead atoms. The van der Waals surface area contributed by atoms with Gasteiger partial charge in [0.1, 0.15) is 0 Å². The molecule has 0 aliphatic carbocycles. The molecule has 1 N–H and O–H groups in total. The van der Waals surface area contributed by atoms with Crippen molar-refractivity contribution in [3.63, 3.8) is 0 Å². The lowest BCUT2D eigenvalue weighted by Gasteiger charge is -2.00. The monoisotopic (exact) mass is 140 g/mol. The van der Waals surface area contributed by atoms with E-state index in [4.69, 9.17) is 9.84 Å². The van der Waals surface area contributed by atoms with E-state index >= 15 is 0 Å². The van der Waals surface area contributed by atoms with Crippen LogP contribution in [0.3, 0.4) is 0 Å². The minimum atomic E-state index is -0.0707. The van der Waals surface area contributed by atoms with E-state index in [-0.39, 0.29) is 6.61 Å². The molecule has 10 heavy (non-hydrogen) atoms. The Morgan fingerprint density at radius 3 is 3.00 bits per heavy atom. The lowest BCUT2D eigenvalue weighted by molar-refractivity contribution is 0.270. The number of hydrogen-bond acceptors (Lipinski definition) is 4. The van der Waals surface area contributed by atoms with Crippen LogP contribution in [0.15, 0.2) is 12.3 Å². The maximum atomic E-state index is 8.70. The van der Waals surface area contributed by atoms with Crippen LogP contribution in [0.2, 0.25) is 0 Å². The number of aromatic nitrogens is 2. The maximum absolute atomic E-state index is 8.70. The van der Waals surface area contributed by atoms with Crippen molar-refractivity contribution in [1.29, 1.82) is 0 Å². The molecule has 1 aromatic rings. The van der Waals surface area contributed by atoms with E-state index in [9.17, 15) is 0 Å².